The third-order valence-electron chi connectivity index (χ3n) is 6.07. The number of aliphatic hydroxyl groups excluding tert-OH is 1. The van der Waals surface area contributed by atoms with Gasteiger partial charge in [0.1, 0.15) is 11.5 Å². The molecule has 2 aromatic rings. The Hall–Kier alpha value is -1.82. The molecule has 27 heavy (non-hydrogen) atoms. The van der Waals surface area contributed by atoms with E-state index in [1.165, 1.54) is 6.07 Å². The largest absolute Gasteiger partial charge is 0.478 e. The first-order valence-electron chi connectivity index (χ1n) is 9.49. The molecule has 5 nitrogen and oxygen atoms in total. The molecule has 1 saturated heterocycles. The molecule has 6 heteroatoms. The summed E-state index contributed by atoms with van der Waals surface area (Å²) in [5.41, 5.74) is 0.824. The molecule has 2 fully saturated rings. The van der Waals surface area contributed by atoms with Crippen molar-refractivity contribution in [3.8, 4) is 11.3 Å². The Labute approximate surface area is 163 Å². The zero-order valence-electron chi connectivity index (χ0n) is 15.2. The molecule has 2 aliphatic rings. The second-order valence-electron chi connectivity index (χ2n) is 7.85. The molecule has 1 aliphatic heterocycles. The molecule has 0 unspecified atom stereocenters. The van der Waals surface area contributed by atoms with Crippen LogP contribution in [-0.4, -0.2) is 40.3 Å². The lowest BCUT2D eigenvalue weighted by molar-refractivity contribution is -0.0136. The molecule has 2 N–H and O–H groups in total. The fourth-order valence-corrected chi connectivity index (χ4v) is 4.87. The minimum absolute atomic E-state index is 0.0558. The SMILES string of the molecule is O=C(O)c1cc(-c2ccc(CN3CCC[C@]4(CCC[C@H]4O)C3)o2)ccc1Cl. The van der Waals surface area contributed by atoms with Crippen molar-refractivity contribution in [2.24, 2.45) is 5.41 Å². The monoisotopic (exact) mass is 389 g/mol. The van der Waals surface area contributed by atoms with Gasteiger partial charge in [0.25, 0.3) is 0 Å². The summed E-state index contributed by atoms with van der Waals surface area (Å²) in [6.07, 6.45) is 5.16. The van der Waals surface area contributed by atoms with Crippen LogP contribution in [0.25, 0.3) is 11.3 Å². The van der Waals surface area contributed by atoms with Gasteiger partial charge in [-0.1, -0.05) is 18.0 Å². The third kappa shape index (κ3) is 3.64. The van der Waals surface area contributed by atoms with Crippen LogP contribution < -0.4 is 0 Å². The molecule has 1 spiro atoms. The standard InChI is InChI=1S/C21H24ClNO4/c22-17-6-4-14(11-16(17)20(25)26)18-7-5-15(27-18)12-23-10-2-9-21(13-23)8-1-3-19(21)24/h4-7,11,19,24H,1-3,8-10,12-13H2,(H,25,26)/t19-,21-/m1/s1. The summed E-state index contributed by atoms with van der Waals surface area (Å²) in [5.74, 6) is 0.431. The van der Waals surface area contributed by atoms with E-state index in [-0.39, 0.29) is 22.1 Å². The fraction of sp³-hybridized carbons (Fsp3) is 0.476. The Balaban J connectivity index is 1.49. The maximum Gasteiger partial charge on any atom is 0.337 e. The quantitative estimate of drug-likeness (QED) is 0.809. The number of aliphatic hydroxyl groups is 1. The molecule has 4 rings (SSSR count). The van der Waals surface area contributed by atoms with E-state index in [1.54, 1.807) is 12.1 Å². The zero-order valence-corrected chi connectivity index (χ0v) is 15.9. The highest BCUT2D eigenvalue weighted by atomic mass is 35.5. The number of hydrogen-bond donors (Lipinski definition) is 2. The van der Waals surface area contributed by atoms with Gasteiger partial charge in [0, 0.05) is 17.5 Å². The molecular formula is C21H24ClNO4. The van der Waals surface area contributed by atoms with Gasteiger partial charge in [-0.2, -0.15) is 0 Å². The number of carboxylic acid groups (broad SMARTS) is 1. The lowest BCUT2D eigenvalue weighted by atomic mass is 9.76. The van der Waals surface area contributed by atoms with E-state index in [2.05, 4.69) is 4.90 Å². The minimum Gasteiger partial charge on any atom is -0.478 e. The zero-order chi connectivity index (χ0) is 19.0. The van der Waals surface area contributed by atoms with E-state index >= 15 is 0 Å². The first-order chi connectivity index (χ1) is 13.0. The van der Waals surface area contributed by atoms with E-state index < -0.39 is 5.97 Å². The number of piperidine rings is 1. The van der Waals surface area contributed by atoms with Crippen molar-refractivity contribution < 1.29 is 19.4 Å². The lowest BCUT2D eigenvalue weighted by Crippen LogP contribution is -2.46. The van der Waals surface area contributed by atoms with Crippen LogP contribution in [0.3, 0.4) is 0 Å². The molecule has 0 bridgehead atoms. The van der Waals surface area contributed by atoms with E-state index in [4.69, 9.17) is 16.0 Å². The van der Waals surface area contributed by atoms with Gasteiger partial charge in [-0.25, -0.2) is 4.79 Å². The second-order valence-corrected chi connectivity index (χ2v) is 8.26. The summed E-state index contributed by atoms with van der Waals surface area (Å²) >= 11 is 5.95. The molecule has 1 aromatic heterocycles. The van der Waals surface area contributed by atoms with Gasteiger partial charge >= 0.3 is 5.97 Å². The fourth-order valence-electron chi connectivity index (χ4n) is 4.67. The van der Waals surface area contributed by atoms with Crippen molar-refractivity contribution in [2.75, 3.05) is 13.1 Å². The van der Waals surface area contributed by atoms with Crippen molar-refractivity contribution in [2.45, 2.75) is 44.8 Å². The Morgan fingerprint density at radius 2 is 2.07 bits per heavy atom. The number of halogens is 1. The summed E-state index contributed by atoms with van der Waals surface area (Å²) in [7, 11) is 0. The Kier molecular flexibility index (Phi) is 5.01. The van der Waals surface area contributed by atoms with Gasteiger partial charge in [0.15, 0.2) is 0 Å². The van der Waals surface area contributed by atoms with E-state index in [0.29, 0.717) is 17.9 Å². The van der Waals surface area contributed by atoms with E-state index in [0.717, 1.165) is 51.0 Å². The van der Waals surface area contributed by atoms with Gasteiger partial charge in [0.2, 0.25) is 0 Å². The first kappa shape index (κ1) is 18.5. The normalized spacial score (nSPS) is 25.9. The molecule has 1 aliphatic carbocycles. The van der Waals surface area contributed by atoms with Crippen molar-refractivity contribution in [3.63, 3.8) is 0 Å². The maximum atomic E-state index is 11.3. The smallest absolute Gasteiger partial charge is 0.337 e. The number of nitrogens with zero attached hydrogens (tertiary/aromatic N) is 1. The highest BCUT2D eigenvalue weighted by Gasteiger charge is 2.44. The number of benzene rings is 1. The summed E-state index contributed by atoms with van der Waals surface area (Å²) in [4.78, 5) is 13.6. The Bertz CT molecular complexity index is 848. The summed E-state index contributed by atoms with van der Waals surface area (Å²) in [6, 6.07) is 8.70. The number of furan rings is 1. The number of carboxylic acids is 1. The van der Waals surface area contributed by atoms with Crippen LogP contribution in [0.1, 0.15) is 48.2 Å². The Morgan fingerprint density at radius 3 is 2.81 bits per heavy atom. The second kappa shape index (κ2) is 7.30. The number of carbonyl (C=O) groups is 1. The maximum absolute atomic E-state index is 11.3. The van der Waals surface area contributed by atoms with E-state index in [9.17, 15) is 15.0 Å². The van der Waals surface area contributed by atoms with Crippen LogP contribution in [0, 0.1) is 5.41 Å². The van der Waals surface area contributed by atoms with Crippen LogP contribution in [0.5, 0.6) is 0 Å². The first-order valence-corrected chi connectivity index (χ1v) is 9.87. The highest BCUT2D eigenvalue weighted by molar-refractivity contribution is 6.33. The number of likely N-dealkylation sites (tertiary alicyclic amines) is 1. The highest BCUT2D eigenvalue weighted by Crippen LogP contribution is 2.45. The average molecular weight is 390 g/mol. The molecular weight excluding hydrogens is 366 g/mol. The predicted octanol–water partition coefficient (Wildman–Crippen LogP) is 4.43. The summed E-state index contributed by atoms with van der Waals surface area (Å²) in [5, 5.41) is 19.9. The van der Waals surface area contributed by atoms with Gasteiger partial charge in [-0.3, -0.25) is 4.90 Å². The number of rotatable bonds is 4. The average Bonchev–Trinajstić information content (AvgIpc) is 3.23. The Morgan fingerprint density at radius 1 is 1.26 bits per heavy atom. The number of aromatic carboxylic acids is 1. The summed E-state index contributed by atoms with van der Waals surface area (Å²) < 4.78 is 5.98. The molecule has 0 radical (unpaired) electrons. The lowest BCUT2D eigenvalue weighted by Gasteiger charge is -2.42. The minimum atomic E-state index is -1.05. The topological polar surface area (TPSA) is 73.9 Å². The molecule has 0 amide bonds. The summed E-state index contributed by atoms with van der Waals surface area (Å²) in [6.45, 7) is 2.62. The van der Waals surface area contributed by atoms with Gasteiger partial charge < -0.3 is 14.6 Å². The number of hydrogen-bond acceptors (Lipinski definition) is 4. The predicted molar refractivity (Wildman–Crippen MR) is 103 cm³/mol. The molecule has 2 heterocycles. The van der Waals surface area contributed by atoms with E-state index in [1.807, 2.05) is 12.1 Å². The third-order valence-corrected chi connectivity index (χ3v) is 6.40. The molecule has 144 valence electrons. The molecule has 1 saturated carbocycles. The van der Waals surface area contributed by atoms with Crippen LogP contribution in [0.15, 0.2) is 34.7 Å². The van der Waals surface area contributed by atoms with Crippen molar-refractivity contribution >= 4 is 17.6 Å². The molecule has 1 aromatic carbocycles. The van der Waals surface area contributed by atoms with Crippen molar-refractivity contribution in [1.29, 1.82) is 0 Å². The van der Waals surface area contributed by atoms with Gasteiger partial charge in [-0.05, 0) is 62.6 Å². The van der Waals surface area contributed by atoms with Crippen LogP contribution in [0.2, 0.25) is 5.02 Å². The van der Waals surface area contributed by atoms with Crippen molar-refractivity contribution in [3.05, 3.63) is 46.7 Å². The van der Waals surface area contributed by atoms with Gasteiger partial charge in [-0.15, -0.1) is 0 Å². The van der Waals surface area contributed by atoms with Gasteiger partial charge in [0.05, 0.1) is 23.2 Å². The van der Waals surface area contributed by atoms with Crippen LogP contribution >= 0.6 is 11.6 Å². The van der Waals surface area contributed by atoms with Crippen molar-refractivity contribution in [1.82, 2.24) is 4.90 Å². The van der Waals surface area contributed by atoms with Crippen LogP contribution in [-0.2, 0) is 6.54 Å². The molecule has 2 atom stereocenters. The van der Waals surface area contributed by atoms with Crippen LogP contribution in [0.4, 0.5) is 0 Å².